The number of amides is 1. The van der Waals surface area contributed by atoms with E-state index in [1.54, 1.807) is 6.26 Å². The van der Waals surface area contributed by atoms with E-state index in [4.69, 9.17) is 4.42 Å². The van der Waals surface area contributed by atoms with Crippen molar-refractivity contribution in [2.75, 3.05) is 33.7 Å². The standard InChI is InChI=1S/C20H27N3O2/c1-22(2)19(16-9-4-3-5-10-16)20(24)21-15-17(18-11-8-14-25-18)23-12-6-7-13-23/h3-5,8-11,14,17,19H,6-7,12-13,15H2,1-2H3,(H,21,24). The fraction of sp³-hybridized carbons (Fsp3) is 0.450. The van der Waals surface area contributed by atoms with E-state index in [-0.39, 0.29) is 18.0 Å². The second-order valence-electron chi connectivity index (χ2n) is 6.80. The van der Waals surface area contributed by atoms with Gasteiger partial charge in [0.2, 0.25) is 5.91 Å². The molecule has 2 aromatic rings. The van der Waals surface area contributed by atoms with E-state index in [1.165, 1.54) is 12.8 Å². The van der Waals surface area contributed by atoms with Gasteiger partial charge >= 0.3 is 0 Å². The summed E-state index contributed by atoms with van der Waals surface area (Å²) in [5.41, 5.74) is 1.00. The summed E-state index contributed by atoms with van der Waals surface area (Å²) in [4.78, 5) is 17.2. The Morgan fingerprint density at radius 2 is 1.88 bits per heavy atom. The van der Waals surface area contributed by atoms with Crippen molar-refractivity contribution in [1.29, 1.82) is 0 Å². The molecule has 25 heavy (non-hydrogen) atoms. The second-order valence-corrected chi connectivity index (χ2v) is 6.80. The van der Waals surface area contributed by atoms with Gasteiger partial charge in [-0.15, -0.1) is 0 Å². The van der Waals surface area contributed by atoms with Crippen LogP contribution in [0.1, 0.15) is 36.2 Å². The summed E-state index contributed by atoms with van der Waals surface area (Å²) < 4.78 is 5.63. The molecule has 3 rings (SSSR count). The van der Waals surface area contributed by atoms with E-state index < -0.39 is 0 Å². The van der Waals surface area contributed by atoms with Crippen LogP contribution in [0.3, 0.4) is 0 Å². The number of hydrogen-bond acceptors (Lipinski definition) is 4. The number of nitrogens with one attached hydrogen (secondary N) is 1. The van der Waals surface area contributed by atoms with Gasteiger partial charge in [0.15, 0.2) is 0 Å². The Labute approximate surface area is 149 Å². The van der Waals surface area contributed by atoms with Crippen molar-refractivity contribution in [3.8, 4) is 0 Å². The lowest BCUT2D eigenvalue weighted by Crippen LogP contribution is -2.41. The maximum Gasteiger partial charge on any atom is 0.242 e. The summed E-state index contributed by atoms with van der Waals surface area (Å²) >= 11 is 0. The van der Waals surface area contributed by atoms with Crippen molar-refractivity contribution in [2.24, 2.45) is 0 Å². The molecule has 0 bridgehead atoms. The van der Waals surface area contributed by atoms with Gasteiger partial charge in [-0.05, 0) is 57.7 Å². The molecule has 2 unspecified atom stereocenters. The Bertz CT molecular complexity index is 649. The normalized spacial score (nSPS) is 17.6. The quantitative estimate of drug-likeness (QED) is 0.841. The first-order valence-electron chi connectivity index (χ1n) is 8.93. The smallest absolute Gasteiger partial charge is 0.242 e. The molecule has 1 aliphatic rings. The van der Waals surface area contributed by atoms with E-state index in [0.717, 1.165) is 24.4 Å². The zero-order valence-corrected chi connectivity index (χ0v) is 15.0. The Morgan fingerprint density at radius 1 is 1.16 bits per heavy atom. The molecule has 1 amide bonds. The van der Waals surface area contributed by atoms with Crippen molar-refractivity contribution in [1.82, 2.24) is 15.1 Å². The topological polar surface area (TPSA) is 48.7 Å². The SMILES string of the molecule is CN(C)C(C(=O)NCC(c1ccco1)N1CCCC1)c1ccccc1. The molecule has 0 saturated carbocycles. The zero-order chi connectivity index (χ0) is 17.6. The molecule has 2 heterocycles. The van der Waals surface area contributed by atoms with E-state index in [9.17, 15) is 4.79 Å². The molecule has 5 nitrogen and oxygen atoms in total. The van der Waals surface area contributed by atoms with Crippen LogP contribution in [0, 0.1) is 0 Å². The highest BCUT2D eigenvalue weighted by molar-refractivity contribution is 5.83. The van der Waals surface area contributed by atoms with Gasteiger partial charge in [-0.3, -0.25) is 14.6 Å². The number of nitrogens with zero attached hydrogens (tertiary/aromatic N) is 2. The van der Waals surface area contributed by atoms with Crippen molar-refractivity contribution < 1.29 is 9.21 Å². The average Bonchev–Trinajstić information content (AvgIpc) is 3.30. The van der Waals surface area contributed by atoms with Gasteiger partial charge in [0.05, 0.1) is 12.3 Å². The molecule has 2 atom stereocenters. The largest absolute Gasteiger partial charge is 0.468 e. The van der Waals surface area contributed by atoms with Crippen LogP contribution < -0.4 is 5.32 Å². The highest BCUT2D eigenvalue weighted by atomic mass is 16.3. The molecule has 1 N–H and O–H groups in total. The van der Waals surface area contributed by atoms with Crippen LogP contribution in [0.5, 0.6) is 0 Å². The molecule has 1 saturated heterocycles. The molecular formula is C20H27N3O2. The predicted octanol–water partition coefficient (Wildman–Crippen LogP) is 2.84. The van der Waals surface area contributed by atoms with Crippen LogP contribution in [0.15, 0.2) is 53.1 Å². The lowest BCUT2D eigenvalue weighted by molar-refractivity contribution is -0.126. The minimum atomic E-state index is -0.294. The van der Waals surface area contributed by atoms with Crippen molar-refractivity contribution >= 4 is 5.91 Å². The van der Waals surface area contributed by atoms with Gasteiger partial charge < -0.3 is 9.73 Å². The molecule has 1 aliphatic heterocycles. The highest BCUT2D eigenvalue weighted by Crippen LogP contribution is 2.25. The van der Waals surface area contributed by atoms with Gasteiger partial charge in [0.1, 0.15) is 11.8 Å². The van der Waals surface area contributed by atoms with Gasteiger partial charge in [-0.25, -0.2) is 0 Å². The number of rotatable bonds is 7. The predicted molar refractivity (Wildman–Crippen MR) is 98.1 cm³/mol. The van der Waals surface area contributed by atoms with Crippen LogP contribution in [-0.2, 0) is 4.79 Å². The maximum absolute atomic E-state index is 12.9. The number of hydrogen-bond donors (Lipinski definition) is 1. The minimum absolute atomic E-state index is 0.0203. The molecule has 134 valence electrons. The summed E-state index contributed by atoms with van der Waals surface area (Å²) in [6, 6.07) is 13.6. The van der Waals surface area contributed by atoms with Crippen LogP contribution in [0.2, 0.25) is 0 Å². The summed E-state index contributed by atoms with van der Waals surface area (Å²) in [5, 5.41) is 3.15. The van der Waals surface area contributed by atoms with Crippen LogP contribution in [0.25, 0.3) is 0 Å². The Kier molecular flexibility index (Phi) is 5.89. The van der Waals surface area contributed by atoms with Crippen LogP contribution >= 0.6 is 0 Å². The van der Waals surface area contributed by atoms with Crippen LogP contribution in [0.4, 0.5) is 0 Å². The third-order valence-corrected chi connectivity index (χ3v) is 4.80. The number of benzene rings is 1. The van der Waals surface area contributed by atoms with Gasteiger partial charge in [0, 0.05) is 6.54 Å². The Hall–Kier alpha value is -2.11. The molecule has 1 aromatic heterocycles. The fourth-order valence-electron chi connectivity index (χ4n) is 3.56. The van der Waals surface area contributed by atoms with E-state index in [0.29, 0.717) is 6.54 Å². The average molecular weight is 341 g/mol. The summed E-state index contributed by atoms with van der Waals surface area (Å²) in [7, 11) is 3.86. The Morgan fingerprint density at radius 3 is 2.48 bits per heavy atom. The minimum Gasteiger partial charge on any atom is -0.468 e. The van der Waals surface area contributed by atoms with Gasteiger partial charge in [-0.2, -0.15) is 0 Å². The number of likely N-dealkylation sites (N-methyl/N-ethyl adjacent to an activating group) is 1. The monoisotopic (exact) mass is 341 g/mol. The van der Waals surface area contributed by atoms with Crippen molar-refractivity contribution in [2.45, 2.75) is 24.9 Å². The molecule has 0 aliphatic carbocycles. The molecule has 0 radical (unpaired) electrons. The van der Waals surface area contributed by atoms with E-state index >= 15 is 0 Å². The number of carbonyl (C=O) groups is 1. The fourth-order valence-corrected chi connectivity index (χ4v) is 3.56. The third kappa shape index (κ3) is 4.30. The number of likely N-dealkylation sites (tertiary alicyclic amines) is 1. The van der Waals surface area contributed by atoms with E-state index in [2.05, 4.69) is 10.2 Å². The molecule has 0 spiro atoms. The first-order chi connectivity index (χ1) is 12.2. The third-order valence-electron chi connectivity index (χ3n) is 4.80. The molecule has 5 heteroatoms. The summed E-state index contributed by atoms with van der Waals surface area (Å²) in [5.74, 6) is 0.940. The first-order valence-corrected chi connectivity index (χ1v) is 8.93. The van der Waals surface area contributed by atoms with Crippen molar-refractivity contribution in [3.05, 3.63) is 60.1 Å². The molecule has 1 aromatic carbocycles. The van der Waals surface area contributed by atoms with E-state index in [1.807, 2.05) is 61.5 Å². The molecule has 1 fully saturated rings. The number of carbonyl (C=O) groups excluding carboxylic acids is 1. The zero-order valence-electron chi connectivity index (χ0n) is 15.0. The highest BCUT2D eigenvalue weighted by Gasteiger charge is 2.28. The first kappa shape index (κ1) is 17.7. The summed E-state index contributed by atoms with van der Waals surface area (Å²) in [6.45, 7) is 2.66. The second kappa shape index (κ2) is 8.32. The summed E-state index contributed by atoms with van der Waals surface area (Å²) in [6.07, 6.45) is 4.11. The lowest BCUT2D eigenvalue weighted by Gasteiger charge is -2.28. The Balaban J connectivity index is 1.70. The molecular weight excluding hydrogens is 314 g/mol. The van der Waals surface area contributed by atoms with Crippen LogP contribution in [-0.4, -0.2) is 49.4 Å². The maximum atomic E-state index is 12.9. The number of furan rings is 1. The lowest BCUT2D eigenvalue weighted by atomic mass is 10.1. The van der Waals surface area contributed by atoms with Crippen molar-refractivity contribution in [3.63, 3.8) is 0 Å². The van der Waals surface area contributed by atoms with Gasteiger partial charge in [0.25, 0.3) is 0 Å². The van der Waals surface area contributed by atoms with Gasteiger partial charge in [-0.1, -0.05) is 30.3 Å².